The van der Waals surface area contributed by atoms with Gasteiger partial charge in [0.1, 0.15) is 0 Å². The Bertz CT molecular complexity index is 857. The number of urea groups is 1. The molecule has 6 nitrogen and oxygen atoms in total. The third-order valence-electron chi connectivity index (χ3n) is 4.45. The summed E-state index contributed by atoms with van der Waals surface area (Å²) in [7, 11) is 3.70. The summed E-state index contributed by atoms with van der Waals surface area (Å²) < 4.78 is 38.9. The van der Waals surface area contributed by atoms with E-state index in [9.17, 15) is 22.8 Å². The van der Waals surface area contributed by atoms with Gasteiger partial charge in [-0.2, -0.15) is 13.2 Å². The van der Waals surface area contributed by atoms with Gasteiger partial charge in [0, 0.05) is 38.3 Å². The van der Waals surface area contributed by atoms with Crippen molar-refractivity contribution in [3.8, 4) is 0 Å². The predicted molar refractivity (Wildman–Crippen MR) is 113 cm³/mol. The first-order chi connectivity index (χ1) is 14.6. The van der Waals surface area contributed by atoms with E-state index in [1.165, 1.54) is 11.0 Å². The number of hydrogen-bond acceptors (Lipinski definition) is 3. The van der Waals surface area contributed by atoms with Crippen molar-refractivity contribution in [2.75, 3.05) is 39.0 Å². The zero-order chi connectivity index (χ0) is 22.9. The van der Waals surface area contributed by atoms with Gasteiger partial charge in [-0.15, -0.1) is 0 Å². The Morgan fingerprint density at radius 2 is 1.68 bits per heavy atom. The molecule has 0 aliphatic carbocycles. The fourth-order valence-corrected chi connectivity index (χ4v) is 2.82. The summed E-state index contributed by atoms with van der Waals surface area (Å²) in [6, 6.07) is 13.4. The Balaban J connectivity index is 1.94. The normalized spacial score (nSPS) is 11.3. The number of benzene rings is 2. The quantitative estimate of drug-likeness (QED) is 0.628. The summed E-state index contributed by atoms with van der Waals surface area (Å²) >= 11 is 0. The van der Waals surface area contributed by atoms with Gasteiger partial charge in [-0.3, -0.25) is 4.79 Å². The number of alkyl halides is 3. The molecule has 31 heavy (non-hydrogen) atoms. The highest BCUT2D eigenvalue weighted by atomic mass is 19.4. The topological polar surface area (TPSA) is 64.7 Å². The first-order valence-electron chi connectivity index (χ1n) is 9.83. The minimum absolute atomic E-state index is 0.0363. The van der Waals surface area contributed by atoms with E-state index in [2.05, 4.69) is 10.6 Å². The standard InChI is InChI=1S/C22H27F3N4O2/c1-28(2)13-14-29(16-17-7-6-8-18(15-17)22(23,24)25)20(30)11-12-26-21(31)27-19-9-4-3-5-10-19/h3-10,15H,11-14,16H2,1-2H3,(H2,26,27,31). The largest absolute Gasteiger partial charge is 0.416 e. The van der Waals surface area contributed by atoms with Crippen LogP contribution in [0.25, 0.3) is 0 Å². The van der Waals surface area contributed by atoms with Crippen molar-refractivity contribution in [2.45, 2.75) is 19.1 Å². The molecule has 2 rings (SSSR count). The van der Waals surface area contributed by atoms with Crippen molar-refractivity contribution in [3.05, 3.63) is 65.7 Å². The molecule has 168 valence electrons. The highest BCUT2D eigenvalue weighted by molar-refractivity contribution is 5.89. The molecule has 0 saturated heterocycles. The molecule has 2 N–H and O–H groups in total. The highest BCUT2D eigenvalue weighted by Crippen LogP contribution is 2.29. The van der Waals surface area contributed by atoms with Crippen LogP contribution in [0, 0.1) is 0 Å². The zero-order valence-electron chi connectivity index (χ0n) is 17.6. The average molecular weight is 436 g/mol. The van der Waals surface area contributed by atoms with Crippen molar-refractivity contribution in [3.63, 3.8) is 0 Å². The third-order valence-corrected chi connectivity index (χ3v) is 4.45. The molecule has 0 aliphatic heterocycles. The van der Waals surface area contributed by atoms with E-state index in [0.717, 1.165) is 12.1 Å². The Labute approximate surface area is 180 Å². The summed E-state index contributed by atoms with van der Waals surface area (Å²) in [5.74, 6) is -0.251. The van der Waals surface area contributed by atoms with E-state index in [-0.39, 0.29) is 25.4 Å². The molecule has 0 spiro atoms. The molecule has 0 unspecified atom stereocenters. The fraction of sp³-hybridized carbons (Fsp3) is 0.364. The van der Waals surface area contributed by atoms with Crippen LogP contribution in [0.1, 0.15) is 17.5 Å². The number of anilines is 1. The van der Waals surface area contributed by atoms with E-state index in [1.807, 2.05) is 25.1 Å². The molecule has 0 aromatic heterocycles. The number of para-hydroxylation sites is 1. The van der Waals surface area contributed by atoms with Crippen molar-refractivity contribution in [1.82, 2.24) is 15.1 Å². The summed E-state index contributed by atoms with van der Waals surface area (Å²) in [4.78, 5) is 28.0. The summed E-state index contributed by atoms with van der Waals surface area (Å²) in [6.07, 6.45) is -4.40. The number of halogens is 3. The van der Waals surface area contributed by atoms with Gasteiger partial charge in [0.15, 0.2) is 0 Å². The van der Waals surface area contributed by atoms with Crippen molar-refractivity contribution >= 4 is 17.6 Å². The summed E-state index contributed by atoms with van der Waals surface area (Å²) in [5, 5.41) is 5.27. The number of nitrogens with zero attached hydrogens (tertiary/aromatic N) is 2. The Hall–Kier alpha value is -3.07. The van der Waals surface area contributed by atoms with E-state index in [4.69, 9.17) is 0 Å². The van der Waals surface area contributed by atoms with Gasteiger partial charge in [-0.25, -0.2) is 4.79 Å². The summed E-state index contributed by atoms with van der Waals surface area (Å²) in [5.41, 5.74) is 0.282. The Morgan fingerprint density at radius 1 is 0.968 bits per heavy atom. The first-order valence-corrected chi connectivity index (χ1v) is 9.83. The van der Waals surface area contributed by atoms with Crippen molar-refractivity contribution in [1.29, 1.82) is 0 Å². The lowest BCUT2D eigenvalue weighted by Crippen LogP contribution is -2.38. The SMILES string of the molecule is CN(C)CCN(Cc1cccc(C(F)(F)F)c1)C(=O)CCNC(=O)Nc1ccccc1. The van der Waals surface area contributed by atoms with E-state index >= 15 is 0 Å². The van der Waals surface area contributed by atoms with Crippen LogP contribution in [-0.4, -0.2) is 55.5 Å². The summed E-state index contributed by atoms with van der Waals surface area (Å²) in [6.45, 7) is 1.09. The van der Waals surface area contributed by atoms with Crippen LogP contribution in [-0.2, 0) is 17.5 Å². The second-order valence-electron chi connectivity index (χ2n) is 7.31. The molecular formula is C22H27F3N4O2. The number of rotatable bonds is 9. The second-order valence-corrected chi connectivity index (χ2v) is 7.31. The smallest absolute Gasteiger partial charge is 0.337 e. The zero-order valence-corrected chi connectivity index (χ0v) is 17.6. The molecule has 0 atom stereocenters. The van der Waals surface area contributed by atoms with Gasteiger partial charge < -0.3 is 20.4 Å². The van der Waals surface area contributed by atoms with Gasteiger partial charge >= 0.3 is 12.2 Å². The maximum atomic E-state index is 13.0. The fourth-order valence-electron chi connectivity index (χ4n) is 2.82. The van der Waals surface area contributed by atoms with Gasteiger partial charge in [-0.1, -0.05) is 30.3 Å². The molecule has 3 amide bonds. The van der Waals surface area contributed by atoms with Gasteiger partial charge in [-0.05, 0) is 43.9 Å². The van der Waals surface area contributed by atoms with Gasteiger partial charge in [0.2, 0.25) is 5.91 Å². The van der Waals surface area contributed by atoms with Crippen LogP contribution < -0.4 is 10.6 Å². The maximum absolute atomic E-state index is 13.0. The monoisotopic (exact) mass is 436 g/mol. The van der Waals surface area contributed by atoms with Crippen LogP contribution in [0.5, 0.6) is 0 Å². The lowest BCUT2D eigenvalue weighted by atomic mass is 10.1. The number of nitrogens with one attached hydrogen (secondary N) is 2. The van der Waals surface area contributed by atoms with Crippen molar-refractivity contribution in [2.24, 2.45) is 0 Å². The van der Waals surface area contributed by atoms with Crippen LogP contribution in [0.3, 0.4) is 0 Å². The van der Waals surface area contributed by atoms with Crippen LogP contribution >= 0.6 is 0 Å². The number of carbonyl (C=O) groups is 2. The molecule has 9 heteroatoms. The minimum atomic E-state index is -4.44. The Morgan fingerprint density at radius 3 is 2.32 bits per heavy atom. The van der Waals surface area contributed by atoms with E-state index in [1.54, 1.807) is 30.3 Å². The number of likely N-dealkylation sites (N-methyl/N-ethyl adjacent to an activating group) is 1. The maximum Gasteiger partial charge on any atom is 0.416 e. The predicted octanol–water partition coefficient (Wildman–Crippen LogP) is 3.81. The minimum Gasteiger partial charge on any atom is -0.337 e. The lowest BCUT2D eigenvalue weighted by molar-refractivity contribution is -0.137. The molecular weight excluding hydrogens is 409 g/mol. The second kappa shape index (κ2) is 11.4. The molecule has 0 heterocycles. The van der Waals surface area contributed by atoms with Crippen LogP contribution in [0.15, 0.2) is 54.6 Å². The molecule has 0 bridgehead atoms. The molecule has 2 aromatic rings. The molecule has 0 aliphatic rings. The van der Waals surface area contributed by atoms with Crippen LogP contribution in [0.2, 0.25) is 0 Å². The van der Waals surface area contributed by atoms with E-state index in [0.29, 0.717) is 24.3 Å². The Kier molecular flexibility index (Phi) is 8.87. The van der Waals surface area contributed by atoms with Crippen molar-refractivity contribution < 1.29 is 22.8 Å². The van der Waals surface area contributed by atoms with Gasteiger partial charge in [0.05, 0.1) is 5.56 Å². The first kappa shape index (κ1) is 24.2. The number of amides is 3. The highest BCUT2D eigenvalue weighted by Gasteiger charge is 2.30. The molecule has 0 fully saturated rings. The average Bonchev–Trinajstić information content (AvgIpc) is 2.71. The third kappa shape index (κ3) is 8.67. The lowest BCUT2D eigenvalue weighted by Gasteiger charge is -2.25. The molecule has 0 saturated carbocycles. The number of carbonyl (C=O) groups excluding carboxylic acids is 2. The molecule has 0 radical (unpaired) electrons. The number of hydrogen-bond donors (Lipinski definition) is 2. The molecule has 2 aromatic carbocycles. The van der Waals surface area contributed by atoms with E-state index < -0.39 is 17.8 Å². The van der Waals surface area contributed by atoms with Crippen LogP contribution in [0.4, 0.5) is 23.7 Å². The van der Waals surface area contributed by atoms with Gasteiger partial charge in [0.25, 0.3) is 0 Å².